The molecule has 1 heterocycles. The van der Waals surface area contributed by atoms with Crippen molar-refractivity contribution >= 4 is 17.4 Å². The number of nitrogens with zero attached hydrogens (tertiary/aromatic N) is 2. The van der Waals surface area contributed by atoms with E-state index in [1.165, 1.54) is 5.56 Å². The number of urea groups is 1. The highest BCUT2D eigenvalue weighted by Crippen LogP contribution is 2.23. The molecular formula is C20H22N4O. The lowest BCUT2D eigenvalue weighted by molar-refractivity contribution is 0.262. The van der Waals surface area contributed by atoms with Crippen molar-refractivity contribution in [1.29, 1.82) is 0 Å². The van der Waals surface area contributed by atoms with Crippen molar-refractivity contribution in [1.82, 2.24) is 9.78 Å². The molecule has 3 aromatic rings. The molecule has 5 nitrogen and oxygen atoms in total. The topological polar surface area (TPSA) is 59.0 Å². The summed E-state index contributed by atoms with van der Waals surface area (Å²) < 4.78 is 1.84. The van der Waals surface area contributed by atoms with Crippen LogP contribution in [-0.4, -0.2) is 15.8 Å². The first-order valence-electron chi connectivity index (χ1n) is 8.22. The van der Waals surface area contributed by atoms with Crippen LogP contribution >= 0.6 is 0 Å². The van der Waals surface area contributed by atoms with Gasteiger partial charge >= 0.3 is 6.03 Å². The van der Waals surface area contributed by atoms with Gasteiger partial charge in [0.1, 0.15) is 0 Å². The number of hydrogen-bond donors (Lipinski definition) is 2. The molecule has 0 spiro atoms. The molecule has 0 saturated carbocycles. The zero-order valence-corrected chi connectivity index (χ0v) is 14.9. The third-order valence-electron chi connectivity index (χ3n) is 4.12. The molecule has 0 atom stereocenters. The average molecular weight is 334 g/mol. The van der Waals surface area contributed by atoms with E-state index in [1.807, 2.05) is 80.9 Å². The maximum atomic E-state index is 12.3. The van der Waals surface area contributed by atoms with Crippen LogP contribution in [0.1, 0.15) is 22.5 Å². The van der Waals surface area contributed by atoms with Crippen LogP contribution in [0.4, 0.5) is 16.2 Å². The van der Waals surface area contributed by atoms with Crippen LogP contribution in [0, 0.1) is 27.7 Å². The summed E-state index contributed by atoms with van der Waals surface area (Å²) in [5.74, 6) is 0. The van der Waals surface area contributed by atoms with E-state index in [4.69, 9.17) is 0 Å². The molecule has 0 radical (unpaired) electrons. The fourth-order valence-electron chi connectivity index (χ4n) is 2.67. The van der Waals surface area contributed by atoms with Gasteiger partial charge in [0.2, 0.25) is 0 Å². The largest absolute Gasteiger partial charge is 0.323 e. The molecule has 2 aromatic carbocycles. The SMILES string of the molecule is Cc1ccc(NC(=O)Nc2c(C)nn(-c3ccc(C)cc3)c2C)cc1. The number of amides is 2. The van der Waals surface area contributed by atoms with E-state index in [9.17, 15) is 4.79 Å². The van der Waals surface area contributed by atoms with Crippen LogP contribution in [-0.2, 0) is 0 Å². The van der Waals surface area contributed by atoms with Gasteiger partial charge in [-0.2, -0.15) is 5.10 Å². The summed E-state index contributed by atoms with van der Waals surface area (Å²) in [5.41, 5.74) is 6.46. The van der Waals surface area contributed by atoms with Crippen molar-refractivity contribution in [2.45, 2.75) is 27.7 Å². The van der Waals surface area contributed by atoms with Gasteiger partial charge < -0.3 is 10.6 Å². The van der Waals surface area contributed by atoms with E-state index in [1.54, 1.807) is 0 Å². The molecule has 128 valence electrons. The van der Waals surface area contributed by atoms with Crippen molar-refractivity contribution in [3.05, 3.63) is 71.0 Å². The average Bonchev–Trinajstić information content (AvgIpc) is 2.86. The minimum absolute atomic E-state index is 0.279. The predicted molar refractivity (Wildman–Crippen MR) is 102 cm³/mol. The van der Waals surface area contributed by atoms with E-state index in [2.05, 4.69) is 15.7 Å². The molecule has 0 aliphatic carbocycles. The number of anilines is 2. The molecule has 0 unspecified atom stereocenters. The van der Waals surface area contributed by atoms with Crippen molar-refractivity contribution < 1.29 is 4.79 Å². The van der Waals surface area contributed by atoms with Crippen molar-refractivity contribution in [3.8, 4) is 5.69 Å². The second kappa shape index (κ2) is 6.81. The zero-order valence-electron chi connectivity index (χ0n) is 14.9. The number of nitrogens with one attached hydrogen (secondary N) is 2. The van der Waals surface area contributed by atoms with Crippen LogP contribution in [0.5, 0.6) is 0 Å². The van der Waals surface area contributed by atoms with Crippen LogP contribution < -0.4 is 10.6 Å². The molecular weight excluding hydrogens is 312 g/mol. The summed E-state index contributed by atoms with van der Waals surface area (Å²) in [6.07, 6.45) is 0. The molecule has 3 rings (SSSR count). The van der Waals surface area contributed by atoms with Crippen LogP contribution in [0.25, 0.3) is 5.69 Å². The minimum atomic E-state index is -0.279. The molecule has 5 heteroatoms. The van der Waals surface area contributed by atoms with Crippen molar-refractivity contribution in [3.63, 3.8) is 0 Å². The number of carbonyl (C=O) groups excluding carboxylic acids is 1. The molecule has 0 bridgehead atoms. The Morgan fingerprint density at radius 2 is 1.40 bits per heavy atom. The fraction of sp³-hybridized carbons (Fsp3) is 0.200. The summed E-state index contributed by atoms with van der Waals surface area (Å²) in [4.78, 5) is 12.3. The molecule has 1 aromatic heterocycles. The van der Waals surface area contributed by atoms with E-state index < -0.39 is 0 Å². The van der Waals surface area contributed by atoms with Gasteiger partial charge in [-0.1, -0.05) is 35.4 Å². The van der Waals surface area contributed by atoms with Crippen LogP contribution in [0.3, 0.4) is 0 Å². The number of hydrogen-bond acceptors (Lipinski definition) is 2. The number of aromatic nitrogens is 2. The Morgan fingerprint density at radius 1 is 0.840 bits per heavy atom. The second-order valence-electron chi connectivity index (χ2n) is 6.24. The summed E-state index contributed by atoms with van der Waals surface area (Å²) >= 11 is 0. The van der Waals surface area contributed by atoms with Gasteiger partial charge in [0.05, 0.1) is 22.8 Å². The van der Waals surface area contributed by atoms with Gasteiger partial charge in [-0.15, -0.1) is 0 Å². The summed E-state index contributed by atoms with van der Waals surface area (Å²) in [7, 11) is 0. The number of rotatable bonds is 3. The number of carbonyl (C=O) groups is 1. The smallest absolute Gasteiger partial charge is 0.308 e. The maximum Gasteiger partial charge on any atom is 0.323 e. The van der Waals surface area contributed by atoms with Gasteiger partial charge in [-0.25, -0.2) is 9.48 Å². The quantitative estimate of drug-likeness (QED) is 0.726. The number of aryl methyl sites for hydroxylation is 3. The van der Waals surface area contributed by atoms with E-state index >= 15 is 0 Å². The van der Waals surface area contributed by atoms with Gasteiger partial charge in [-0.05, 0) is 52.0 Å². The van der Waals surface area contributed by atoms with Gasteiger partial charge in [-0.3, -0.25) is 0 Å². The van der Waals surface area contributed by atoms with Crippen molar-refractivity contribution in [2.24, 2.45) is 0 Å². The minimum Gasteiger partial charge on any atom is -0.308 e. The third kappa shape index (κ3) is 3.71. The predicted octanol–water partition coefficient (Wildman–Crippen LogP) is 4.75. The molecule has 2 amide bonds. The number of benzene rings is 2. The highest BCUT2D eigenvalue weighted by atomic mass is 16.2. The van der Waals surface area contributed by atoms with E-state index in [-0.39, 0.29) is 6.03 Å². The Bertz CT molecular complexity index is 893. The first kappa shape index (κ1) is 16.8. The highest BCUT2D eigenvalue weighted by molar-refractivity contribution is 6.00. The third-order valence-corrected chi connectivity index (χ3v) is 4.12. The van der Waals surface area contributed by atoms with Gasteiger partial charge in [0.25, 0.3) is 0 Å². The molecule has 0 saturated heterocycles. The molecule has 25 heavy (non-hydrogen) atoms. The molecule has 2 N–H and O–H groups in total. The normalized spacial score (nSPS) is 10.6. The molecule has 0 aliphatic heterocycles. The Balaban J connectivity index is 1.79. The van der Waals surface area contributed by atoms with Gasteiger partial charge in [0, 0.05) is 5.69 Å². The van der Waals surface area contributed by atoms with Gasteiger partial charge in [0.15, 0.2) is 0 Å². The fourth-order valence-corrected chi connectivity index (χ4v) is 2.67. The Morgan fingerprint density at radius 3 is 2.00 bits per heavy atom. The van der Waals surface area contributed by atoms with E-state index in [0.29, 0.717) is 0 Å². The summed E-state index contributed by atoms with van der Waals surface area (Å²) in [5, 5.41) is 10.3. The maximum absolute atomic E-state index is 12.3. The Hall–Kier alpha value is -3.08. The highest BCUT2D eigenvalue weighted by Gasteiger charge is 2.15. The van der Waals surface area contributed by atoms with Crippen molar-refractivity contribution in [2.75, 3.05) is 10.6 Å². The lowest BCUT2D eigenvalue weighted by Crippen LogP contribution is -2.20. The molecule has 0 fully saturated rings. The van der Waals surface area contributed by atoms with Crippen LogP contribution in [0.15, 0.2) is 48.5 Å². The molecule has 0 aliphatic rings. The zero-order chi connectivity index (χ0) is 18.0. The monoisotopic (exact) mass is 334 g/mol. The lowest BCUT2D eigenvalue weighted by atomic mass is 10.2. The Kier molecular flexibility index (Phi) is 4.57. The Labute approximate surface area is 147 Å². The van der Waals surface area contributed by atoms with E-state index in [0.717, 1.165) is 34.0 Å². The first-order valence-corrected chi connectivity index (χ1v) is 8.22. The lowest BCUT2D eigenvalue weighted by Gasteiger charge is -2.09. The standard InChI is InChI=1S/C20H22N4O/c1-13-5-9-17(10-6-13)21-20(25)22-19-15(3)23-24(16(19)4)18-11-7-14(2)8-12-18/h5-12H,1-4H3,(H2,21,22,25). The second-order valence-corrected chi connectivity index (χ2v) is 6.24. The van der Waals surface area contributed by atoms with Crippen LogP contribution in [0.2, 0.25) is 0 Å². The summed E-state index contributed by atoms with van der Waals surface area (Å²) in [6, 6.07) is 15.5. The summed E-state index contributed by atoms with van der Waals surface area (Å²) in [6.45, 7) is 7.89. The first-order chi connectivity index (χ1) is 11.9.